The first-order chi connectivity index (χ1) is 9.81. The monoisotopic (exact) mass is 332 g/mol. The van der Waals surface area contributed by atoms with Gasteiger partial charge in [0.1, 0.15) is 9.84 Å². The molecule has 0 saturated heterocycles. The molecule has 120 valence electrons. The van der Waals surface area contributed by atoms with E-state index < -0.39 is 9.84 Å². The molecule has 2 N–H and O–H groups in total. The number of rotatable bonds is 7. The van der Waals surface area contributed by atoms with Crippen molar-refractivity contribution in [1.82, 2.24) is 15.6 Å². The van der Waals surface area contributed by atoms with E-state index in [9.17, 15) is 8.42 Å². The van der Waals surface area contributed by atoms with Crippen molar-refractivity contribution < 1.29 is 8.42 Å². The number of hydrogen-bond donors (Lipinski definition) is 2. The molecule has 1 aromatic rings. The summed E-state index contributed by atoms with van der Waals surface area (Å²) in [5.41, 5.74) is 1.09. The average Bonchev–Trinajstić information content (AvgIpc) is 2.67. The first-order valence-corrected chi connectivity index (χ1v) is 9.82. The topological polar surface area (TPSA) is 83.5 Å². The maximum atomic E-state index is 11.1. The van der Waals surface area contributed by atoms with Gasteiger partial charge in [0.25, 0.3) is 0 Å². The molecule has 0 aromatic carbocycles. The van der Waals surface area contributed by atoms with E-state index in [1.54, 1.807) is 11.3 Å². The second-order valence-electron chi connectivity index (χ2n) is 4.82. The van der Waals surface area contributed by atoms with Crippen molar-refractivity contribution in [2.75, 3.05) is 31.6 Å². The van der Waals surface area contributed by atoms with Gasteiger partial charge in [0.2, 0.25) is 0 Å². The predicted molar refractivity (Wildman–Crippen MR) is 89.0 cm³/mol. The molecule has 0 unspecified atom stereocenters. The van der Waals surface area contributed by atoms with Gasteiger partial charge in [-0.2, -0.15) is 0 Å². The summed E-state index contributed by atoms with van der Waals surface area (Å²) in [6, 6.07) is 0. The Hall–Kier alpha value is -1.15. The van der Waals surface area contributed by atoms with Crippen molar-refractivity contribution >= 4 is 27.1 Å². The van der Waals surface area contributed by atoms with Crippen LogP contribution in [0.4, 0.5) is 0 Å². The van der Waals surface area contributed by atoms with Gasteiger partial charge < -0.3 is 10.6 Å². The summed E-state index contributed by atoms with van der Waals surface area (Å²) in [5, 5.41) is 7.40. The van der Waals surface area contributed by atoms with E-state index in [1.807, 2.05) is 13.8 Å². The van der Waals surface area contributed by atoms with Crippen LogP contribution in [0.25, 0.3) is 0 Å². The second-order valence-corrected chi connectivity index (χ2v) is 8.36. The van der Waals surface area contributed by atoms with Crippen molar-refractivity contribution in [3.8, 4) is 0 Å². The van der Waals surface area contributed by atoms with E-state index in [1.165, 1.54) is 11.1 Å². The fraction of sp³-hybridized carbons (Fsp3) is 0.692. The highest BCUT2D eigenvalue weighted by Gasteiger charge is 2.05. The zero-order valence-electron chi connectivity index (χ0n) is 13.1. The fourth-order valence-electron chi connectivity index (χ4n) is 1.60. The number of guanidine groups is 1. The van der Waals surface area contributed by atoms with Crippen molar-refractivity contribution in [1.29, 1.82) is 0 Å². The lowest BCUT2D eigenvalue weighted by Crippen LogP contribution is -2.38. The third kappa shape index (κ3) is 7.42. The van der Waals surface area contributed by atoms with Gasteiger partial charge in [-0.3, -0.25) is 4.99 Å². The first kappa shape index (κ1) is 17.9. The molecule has 0 bridgehead atoms. The molecule has 0 atom stereocenters. The summed E-state index contributed by atoms with van der Waals surface area (Å²) >= 11 is 1.71. The number of aromatic nitrogens is 1. The lowest BCUT2D eigenvalue weighted by atomic mass is 10.4. The molecule has 1 aromatic heterocycles. The van der Waals surface area contributed by atoms with Gasteiger partial charge in [0.15, 0.2) is 5.96 Å². The third-order valence-electron chi connectivity index (χ3n) is 2.78. The molecular weight excluding hydrogens is 308 g/mol. The van der Waals surface area contributed by atoms with Gasteiger partial charge in [-0.15, -0.1) is 11.3 Å². The molecule has 0 aliphatic rings. The molecular formula is C13H24N4O2S2. The fourth-order valence-corrected chi connectivity index (χ4v) is 2.96. The lowest BCUT2D eigenvalue weighted by Gasteiger charge is -2.10. The van der Waals surface area contributed by atoms with E-state index >= 15 is 0 Å². The van der Waals surface area contributed by atoms with Crippen LogP contribution < -0.4 is 10.6 Å². The SMILES string of the molecule is CCNC(=NCCS(C)(=O)=O)NCCc1nc(C)c(C)s1. The molecule has 1 rings (SSSR count). The highest BCUT2D eigenvalue weighted by atomic mass is 32.2. The number of nitrogens with one attached hydrogen (secondary N) is 2. The summed E-state index contributed by atoms with van der Waals surface area (Å²) in [4.78, 5) is 9.99. The van der Waals surface area contributed by atoms with Crippen LogP contribution in [0.1, 0.15) is 22.5 Å². The minimum atomic E-state index is -2.97. The summed E-state index contributed by atoms with van der Waals surface area (Å²) in [7, 11) is -2.97. The van der Waals surface area contributed by atoms with Crippen LogP contribution >= 0.6 is 11.3 Å². The Bertz CT molecular complexity index is 559. The Balaban J connectivity index is 2.45. The molecule has 8 heteroatoms. The number of sulfone groups is 1. The van der Waals surface area contributed by atoms with E-state index in [0.717, 1.165) is 30.2 Å². The first-order valence-electron chi connectivity index (χ1n) is 6.94. The standard InChI is InChI=1S/C13H24N4O2S2/c1-5-14-13(16-8-9-21(4,18)19)15-7-6-12-17-10(2)11(3)20-12/h5-9H2,1-4H3,(H2,14,15,16). The van der Waals surface area contributed by atoms with Crippen LogP contribution in [-0.4, -0.2) is 51.0 Å². The van der Waals surface area contributed by atoms with Crippen LogP contribution in [-0.2, 0) is 16.3 Å². The smallest absolute Gasteiger partial charge is 0.191 e. The van der Waals surface area contributed by atoms with Crippen LogP contribution in [0.5, 0.6) is 0 Å². The largest absolute Gasteiger partial charge is 0.357 e. The van der Waals surface area contributed by atoms with Crippen molar-refractivity contribution in [3.63, 3.8) is 0 Å². The number of nitrogens with zero attached hydrogens (tertiary/aromatic N) is 2. The third-order valence-corrected chi connectivity index (χ3v) is 4.84. The minimum absolute atomic E-state index is 0.0639. The van der Waals surface area contributed by atoms with E-state index in [0.29, 0.717) is 5.96 Å². The highest BCUT2D eigenvalue weighted by molar-refractivity contribution is 7.90. The van der Waals surface area contributed by atoms with Crippen LogP contribution in [0.2, 0.25) is 0 Å². The maximum Gasteiger partial charge on any atom is 0.191 e. The number of thiazole rings is 1. The normalized spacial score (nSPS) is 12.5. The van der Waals surface area contributed by atoms with E-state index in [2.05, 4.69) is 27.5 Å². The molecule has 21 heavy (non-hydrogen) atoms. The van der Waals surface area contributed by atoms with Gasteiger partial charge in [0.05, 0.1) is 23.0 Å². The van der Waals surface area contributed by atoms with Crippen molar-refractivity contribution in [3.05, 3.63) is 15.6 Å². The summed E-state index contributed by atoms with van der Waals surface area (Å²) in [6.45, 7) is 7.78. The second kappa shape index (κ2) is 8.33. The van der Waals surface area contributed by atoms with E-state index in [4.69, 9.17) is 0 Å². The van der Waals surface area contributed by atoms with Gasteiger partial charge >= 0.3 is 0 Å². The summed E-state index contributed by atoms with van der Waals surface area (Å²) < 4.78 is 22.2. The molecule has 0 spiro atoms. The zero-order valence-corrected chi connectivity index (χ0v) is 14.7. The minimum Gasteiger partial charge on any atom is -0.357 e. The Labute approximate surface area is 131 Å². The lowest BCUT2D eigenvalue weighted by molar-refractivity contribution is 0.601. The number of aliphatic imine (C=N–C) groups is 1. The van der Waals surface area contributed by atoms with Gasteiger partial charge in [0, 0.05) is 30.6 Å². The summed E-state index contributed by atoms with van der Waals surface area (Å²) in [6.07, 6.45) is 2.05. The zero-order chi connectivity index (χ0) is 15.9. The maximum absolute atomic E-state index is 11.1. The number of hydrogen-bond acceptors (Lipinski definition) is 5. The molecule has 1 heterocycles. The van der Waals surface area contributed by atoms with Gasteiger partial charge in [-0.05, 0) is 20.8 Å². The Morgan fingerprint density at radius 2 is 2.05 bits per heavy atom. The van der Waals surface area contributed by atoms with Crippen LogP contribution in [0.15, 0.2) is 4.99 Å². The Morgan fingerprint density at radius 3 is 2.57 bits per heavy atom. The summed E-state index contributed by atoms with van der Waals surface area (Å²) in [5.74, 6) is 0.709. The quantitative estimate of drug-likeness (QED) is 0.573. The Morgan fingerprint density at radius 1 is 1.33 bits per heavy atom. The van der Waals surface area contributed by atoms with E-state index in [-0.39, 0.29) is 12.3 Å². The van der Waals surface area contributed by atoms with Crippen LogP contribution in [0, 0.1) is 13.8 Å². The van der Waals surface area contributed by atoms with Crippen LogP contribution in [0.3, 0.4) is 0 Å². The van der Waals surface area contributed by atoms with Gasteiger partial charge in [-0.1, -0.05) is 0 Å². The molecule has 0 saturated carbocycles. The van der Waals surface area contributed by atoms with Crippen molar-refractivity contribution in [2.45, 2.75) is 27.2 Å². The van der Waals surface area contributed by atoms with Gasteiger partial charge in [-0.25, -0.2) is 13.4 Å². The molecule has 6 nitrogen and oxygen atoms in total. The predicted octanol–water partition coefficient (Wildman–Crippen LogP) is 0.902. The molecule has 0 aliphatic heterocycles. The highest BCUT2D eigenvalue weighted by Crippen LogP contribution is 2.16. The molecule has 0 aliphatic carbocycles. The Kier molecular flexibility index (Phi) is 7.10. The average molecular weight is 332 g/mol. The molecule has 0 radical (unpaired) electrons. The van der Waals surface area contributed by atoms with Crippen molar-refractivity contribution in [2.24, 2.45) is 4.99 Å². The number of aryl methyl sites for hydroxylation is 2. The molecule has 0 fully saturated rings. The molecule has 0 amide bonds.